The van der Waals surface area contributed by atoms with Crippen molar-refractivity contribution in [1.82, 2.24) is 30.2 Å². The van der Waals surface area contributed by atoms with Crippen LogP contribution in [0, 0.1) is 0 Å². The lowest BCUT2D eigenvalue weighted by molar-refractivity contribution is 0.0698. The number of aromatic nitrogens is 4. The molecular formula is C20H22N6O2. The molecule has 1 saturated heterocycles. The van der Waals surface area contributed by atoms with E-state index in [1.807, 2.05) is 17.9 Å². The van der Waals surface area contributed by atoms with Crippen molar-refractivity contribution in [2.45, 2.75) is 32.4 Å². The van der Waals surface area contributed by atoms with Crippen molar-refractivity contribution < 1.29 is 9.59 Å². The molecule has 28 heavy (non-hydrogen) atoms. The highest BCUT2D eigenvalue weighted by atomic mass is 16.2. The number of nitrogens with zero attached hydrogens (tertiary/aromatic N) is 5. The van der Waals surface area contributed by atoms with Gasteiger partial charge in [-0.2, -0.15) is 0 Å². The molecule has 1 aromatic carbocycles. The molecule has 1 aliphatic rings. The van der Waals surface area contributed by atoms with Crippen LogP contribution in [0.4, 0.5) is 0 Å². The van der Waals surface area contributed by atoms with Crippen molar-refractivity contribution in [2.24, 2.45) is 0 Å². The van der Waals surface area contributed by atoms with Gasteiger partial charge in [0.25, 0.3) is 11.8 Å². The topological polar surface area (TPSA) is 93.0 Å². The van der Waals surface area contributed by atoms with E-state index >= 15 is 0 Å². The van der Waals surface area contributed by atoms with Crippen LogP contribution < -0.4 is 5.32 Å². The number of carbonyl (C=O) groups excluding carboxylic acids is 2. The van der Waals surface area contributed by atoms with Crippen molar-refractivity contribution in [2.75, 3.05) is 13.1 Å². The number of hydrogen-bond acceptors (Lipinski definition) is 5. The molecule has 0 unspecified atom stereocenters. The monoisotopic (exact) mass is 378 g/mol. The smallest absolute Gasteiger partial charge is 0.253 e. The van der Waals surface area contributed by atoms with E-state index in [2.05, 4.69) is 20.6 Å². The van der Waals surface area contributed by atoms with Crippen LogP contribution in [0.2, 0.25) is 0 Å². The van der Waals surface area contributed by atoms with Gasteiger partial charge in [-0.3, -0.25) is 14.6 Å². The molecule has 0 radical (unpaired) electrons. The maximum Gasteiger partial charge on any atom is 0.253 e. The summed E-state index contributed by atoms with van der Waals surface area (Å²) in [5.74, 6) is -0.108. The maximum atomic E-state index is 12.6. The third-order valence-corrected chi connectivity index (χ3v) is 5.12. The first-order chi connectivity index (χ1) is 13.7. The average Bonchev–Trinajstić information content (AvgIpc) is 3.16. The van der Waals surface area contributed by atoms with Gasteiger partial charge in [-0.1, -0.05) is 5.21 Å². The molecule has 1 fully saturated rings. The Morgan fingerprint density at radius 1 is 1.11 bits per heavy atom. The molecule has 8 nitrogen and oxygen atoms in total. The average molecular weight is 378 g/mol. The lowest BCUT2D eigenvalue weighted by Gasteiger charge is -2.32. The Morgan fingerprint density at radius 3 is 2.57 bits per heavy atom. The molecule has 0 saturated carbocycles. The van der Waals surface area contributed by atoms with Crippen molar-refractivity contribution >= 4 is 22.8 Å². The fourth-order valence-electron chi connectivity index (χ4n) is 3.52. The SMILES string of the molecule is CCn1nnc2cc(C(=O)NC3CCN(C(=O)c4ccncc4)CC3)ccc21. The van der Waals surface area contributed by atoms with E-state index in [9.17, 15) is 9.59 Å². The number of amides is 2. The molecule has 2 amide bonds. The number of likely N-dealkylation sites (tertiary alicyclic amines) is 1. The largest absolute Gasteiger partial charge is 0.349 e. The number of nitrogens with one attached hydrogen (secondary N) is 1. The second-order valence-electron chi connectivity index (χ2n) is 6.88. The van der Waals surface area contributed by atoms with Crippen LogP contribution in [0.5, 0.6) is 0 Å². The second-order valence-corrected chi connectivity index (χ2v) is 6.88. The Hall–Kier alpha value is -3.29. The fraction of sp³-hybridized carbons (Fsp3) is 0.350. The molecule has 4 rings (SSSR count). The first-order valence-electron chi connectivity index (χ1n) is 9.49. The molecule has 2 aromatic heterocycles. The molecule has 3 heterocycles. The summed E-state index contributed by atoms with van der Waals surface area (Å²) < 4.78 is 1.80. The molecule has 144 valence electrons. The zero-order valence-corrected chi connectivity index (χ0v) is 15.7. The highest BCUT2D eigenvalue weighted by molar-refractivity contribution is 5.97. The highest BCUT2D eigenvalue weighted by Gasteiger charge is 2.25. The summed E-state index contributed by atoms with van der Waals surface area (Å²) in [5, 5.41) is 11.3. The molecule has 3 aromatic rings. The Bertz CT molecular complexity index is 992. The molecule has 0 aliphatic carbocycles. The molecule has 0 atom stereocenters. The first-order valence-corrected chi connectivity index (χ1v) is 9.49. The predicted molar refractivity (Wildman–Crippen MR) is 104 cm³/mol. The highest BCUT2D eigenvalue weighted by Crippen LogP contribution is 2.16. The van der Waals surface area contributed by atoms with Gasteiger partial charge in [0.05, 0.1) is 5.52 Å². The summed E-state index contributed by atoms with van der Waals surface area (Å²) >= 11 is 0. The van der Waals surface area contributed by atoms with Gasteiger partial charge in [-0.25, -0.2) is 4.68 Å². The molecule has 0 bridgehead atoms. The molecule has 0 spiro atoms. The fourth-order valence-corrected chi connectivity index (χ4v) is 3.52. The summed E-state index contributed by atoms with van der Waals surface area (Å²) in [6.07, 6.45) is 4.71. The van der Waals surface area contributed by atoms with Crippen molar-refractivity contribution in [1.29, 1.82) is 0 Å². The Balaban J connectivity index is 1.35. The van der Waals surface area contributed by atoms with E-state index in [0.717, 1.165) is 24.9 Å². The van der Waals surface area contributed by atoms with Crippen LogP contribution in [-0.2, 0) is 6.54 Å². The summed E-state index contributed by atoms with van der Waals surface area (Å²) in [6, 6.07) is 8.95. The minimum Gasteiger partial charge on any atom is -0.349 e. The molecular weight excluding hydrogens is 356 g/mol. The van der Waals surface area contributed by atoms with E-state index in [-0.39, 0.29) is 17.9 Å². The number of aryl methyl sites for hydroxylation is 1. The Kier molecular flexibility index (Phi) is 5.01. The van der Waals surface area contributed by atoms with Crippen LogP contribution in [0.3, 0.4) is 0 Å². The van der Waals surface area contributed by atoms with Crippen LogP contribution in [0.15, 0.2) is 42.7 Å². The van der Waals surface area contributed by atoms with Crippen LogP contribution in [0.1, 0.15) is 40.5 Å². The third-order valence-electron chi connectivity index (χ3n) is 5.12. The summed E-state index contributed by atoms with van der Waals surface area (Å²) in [4.78, 5) is 30.9. The van der Waals surface area contributed by atoms with Gasteiger partial charge in [-0.05, 0) is 50.1 Å². The first kappa shape index (κ1) is 18.1. The Labute approximate surface area is 162 Å². The number of carbonyl (C=O) groups is 2. The summed E-state index contributed by atoms with van der Waals surface area (Å²) in [5.41, 5.74) is 2.85. The van der Waals surface area contributed by atoms with Crippen molar-refractivity contribution in [3.63, 3.8) is 0 Å². The van der Waals surface area contributed by atoms with Crippen LogP contribution in [-0.4, -0.2) is 55.8 Å². The van der Waals surface area contributed by atoms with Crippen molar-refractivity contribution in [3.05, 3.63) is 53.9 Å². The van der Waals surface area contributed by atoms with E-state index in [0.29, 0.717) is 29.7 Å². The van der Waals surface area contributed by atoms with Gasteiger partial charge in [0, 0.05) is 49.2 Å². The number of piperidine rings is 1. The van der Waals surface area contributed by atoms with E-state index in [1.165, 1.54) is 0 Å². The summed E-state index contributed by atoms with van der Waals surface area (Å²) in [6.45, 7) is 3.98. The standard InChI is InChI=1S/C20H22N6O2/c1-2-26-18-4-3-15(13-17(18)23-24-26)19(27)22-16-7-11-25(12-8-16)20(28)14-5-9-21-10-6-14/h3-6,9-10,13,16H,2,7-8,11-12H2,1H3,(H,22,27). The normalized spacial score (nSPS) is 15.0. The number of pyridine rings is 1. The number of fused-ring (bicyclic) bond motifs is 1. The lowest BCUT2D eigenvalue weighted by atomic mass is 10.0. The quantitative estimate of drug-likeness (QED) is 0.748. The van der Waals surface area contributed by atoms with Crippen molar-refractivity contribution in [3.8, 4) is 0 Å². The number of benzene rings is 1. The lowest BCUT2D eigenvalue weighted by Crippen LogP contribution is -2.46. The van der Waals surface area contributed by atoms with Gasteiger partial charge in [0.2, 0.25) is 0 Å². The molecule has 8 heteroatoms. The van der Waals surface area contributed by atoms with Gasteiger partial charge in [0.1, 0.15) is 5.52 Å². The number of rotatable bonds is 4. The zero-order valence-electron chi connectivity index (χ0n) is 15.7. The molecule has 1 N–H and O–H groups in total. The van der Waals surface area contributed by atoms with Crippen LogP contribution >= 0.6 is 0 Å². The molecule has 1 aliphatic heterocycles. The van der Waals surface area contributed by atoms with Crippen LogP contribution in [0.25, 0.3) is 11.0 Å². The maximum absolute atomic E-state index is 12.6. The predicted octanol–water partition coefficient (Wildman–Crippen LogP) is 1.88. The summed E-state index contributed by atoms with van der Waals surface area (Å²) in [7, 11) is 0. The minimum atomic E-state index is -0.119. The Morgan fingerprint density at radius 2 is 1.86 bits per heavy atom. The van der Waals surface area contributed by atoms with E-state index in [1.54, 1.807) is 41.3 Å². The second kappa shape index (κ2) is 7.75. The van der Waals surface area contributed by atoms with Gasteiger partial charge in [-0.15, -0.1) is 5.10 Å². The van der Waals surface area contributed by atoms with Gasteiger partial charge >= 0.3 is 0 Å². The zero-order chi connectivity index (χ0) is 19.5. The number of hydrogen-bond donors (Lipinski definition) is 1. The third kappa shape index (κ3) is 3.58. The van der Waals surface area contributed by atoms with E-state index in [4.69, 9.17) is 0 Å². The van der Waals surface area contributed by atoms with Gasteiger partial charge in [0.15, 0.2) is 0 Å². The minimum absolute atomic E-state index is 0.0108. The van der Waals surface area contributed by atoms with E-state index < -0.39 is 0 Å². The van der Waals surface area contributed by atoms with Gasteiger partial charge < -0.3 is 10.2 Å².